The van der Waals surface area contributed by atoms with Gasteiger partial charge in [-0.25, -0.2) is 8.42 Å². The molecule has 1 heterocycles. The summed E-state index contributed by atoms with van der Waals surface area (Å²) in [5.74, 6) is 0.546. The van der Waals surface area contributed by atoms with Crippen LogP contribution in [-0.4, -0.2) is 37.1 Å². The Hall–Kier alpha value is -0.130. The molecule has 1 unspecified atom stereocenters. The number of rotatable bonds is 2. The summed E-state index contributed by atoms with van der Waals surface area (Å²) in [6.45, 7) is 3.14. The molecule has 1 saturated heterocycles. The Labute approximate surface area is 98.2 Å². The van der Waals surface area contributed by atoms with Gasteiger partial charge in [-0.15, -0.1) is 0 Å². The zero-order valence-electron chi connectivity index (χ0n) is 9.98. The average Bonchev–Trinajstić information content (AvgIpc) is 2.53. The highest BCUT2D eigenvalue weighted by Gasteiger charge is 2.47. The van der Waals surface area contributed by atoms with E-state index < -0.39 is 10.0 Å². The number of sulfonamides is 1. The van der Waals surface area contributed by atoms with E-state index in [1.807, 2.05) is 6.92 Å². The van der Waals surface area contributed by atoms with Crippen LogP contribution in [0.1, 0.15) is 39.0 Å². The summed E-state index contributed by atoms with van der Waals surface area (Å²) in [5.41, 5.74) is 5.62. The molecule has 4 nitrogen and oxygen atoms in total. The maximum Gasteiger partial charge on any atom is 0.214 e. The van der Waals surface area contributed by atoms with Crippen molar-refractivity contribution >= 4 is 10.0 Å². The second kappa shape index (κ2) is 4.27. The van der Waals surface area contributed by atoms with Crippen LogP contribution in [0.4, 0.5) is 0 Å². The quantitative estimate of drug-likeness (QED) is 0.788. The van der Waals surface area contributed by atoms with Gasteiger partial charge in [0.05, 0.1) is 5.75 Å². The van der Waals surface area contributed by atoms with Gasteiger partial charge < -0.3 is 5.73 Å². The van der Waals surface area contributed by atoms with Gasteiger partial charge in [-0.05, 0) is 18.8 Å². The lowest BCUT2D eigenvalue weighted by atomic mass is 9.81. The predicted octanol–water partition coefficient (Wildman–Crippen LogP) is 0.929. The molecule has 2 aliphatic rings. The van der Waals surface area contributed by atoms with Crippen molar-refractivity contribution in [3.63, 3.8) is 0 Å². The zero-order chi connectivity index (χ0) is 11.8. The molecule has 94 valence electrons. The van der Waals surface area contributed by atoms with Crippen molar-refractivity contribution in [1.82, 2.24) is 4.31 Å². The van der Waals surface area contributed by atoms with Gasteiger partial charge in [0.2, 0.25) is 10.0 Å². The summed E-state index contributed by atoms with van der Waals surface area (Å²) in [7, 11) is -3.05. The Morgan fingerprint density at radius 1 is 1.31 bits per heavy atom. The van der Waals surface area contributed by atoms with Gasteiger partial charge in [-0.3, -0.25) is 0 Å². The molecule has 2 N–H and O–H groups in total. The third kappa shape index (κ3) is 2.00. The average molecular weight is 246 g/mol. The topological polar surface area (TPSA) is 63.4 Å². The van der Waals surface area contributed by atoms with Gasteiger partial charge in [0.1, 0.15) is 0 Å². The maximum absolute atomic E-state index is 12.1. The van der Waals surface area contributed by atoms with E-state index in [9.17, 15) is 8.42 Å². The van der Waals surface area contributed by atoms with Gasteiger partial charge >= 0.3 is 0 Å². The van der Waals surface area contributed by atoms with Crippen molar-refractivity contribution in [2.75, 3.05) is 18.8 Å². The van der Waals surface area contributed by atoms with Crippen LogP contribution in [0.15, 0.2) is 0 Å². The molecular formula is C11H22N2O2S. The van der Waals surface area contributed by atoms with Crippen molar-refractivity contribution in [1.29, 1.82) is 0 Å². The minimum atomic E-state index is -3.05. The molecule has 16 heavy (non-hydrogen) atoms. The highest BCUT2D eigenvalue weighted by molar-refractivity contribution is 7.89. The normalized spacial score (nSPS) is 34.0. The van der Waals surface area contributed by atoms with E-state index in [2.05, 4.69) is 0 Å². The number of hydrogen-bond acceptors (Lipinski definition) is 3. The van der Waals surface area contributed by atoms with Crippen LogP contribution in [0, 0.1) is 5.92 Å². The molecule has 0 spiro atoms. The molecule has 1 aliphatic heterocycles. The van der Waals surface area contributed by atoms with Crippen LogP contribution in [-0.2, 0) is 10.0 Å². The molecule has 0 amide bonds. The molecule has 2 rings (SSSR count). The summed E-state index contributed by atoms with van der Waals surface area (Å²) in [5, 5.41) is 0. The Balaban J connectivity index is 2.27. The van der Waals surface area contributed by atoms with Crippen molar-refractivity contribution < 1.29 is 8.42 Å². The lowest BCUT2D eigenvalue weighted by Crippen LogP contribution is -2.55. The fourth-order valence-electron chi connectivity index (χ4n) is 3.15. The van der Waals surface area contributed by atoms with Gasteiger partial charge in [0, 0.05) is 18.6 Å². The molecule has 0 aromatic carbocycles. The van der Waals surface area contributed by atoms with Gasteiger partial charge in [-0.2, -0.15) is 4.31 Å². The minimum Gasteiger partial charge on any atom is -0.329 e. The van der Waals surface area contributed by atoms with Crippen LogP contribution in [0.5, 0.6) is 0 Å². The van der Waals surface area contributed by atoms with Gasteiger partial charge in [0.25, 0.3) is 0 Å². The molecule has 5 heteroatoms. The van der Waals surface area contributed by atoms with Crippen molar-refractivity contribution in [2.45, 2.75) is 44.6 Å². The van der Waals surface area contributed by atoms with Crippen LogP contribution < -0.4 is 5.73 Å². The third-order valence-corrected chi connectivity index (χ3v) is 6.20. The van der Waals surface area contributed by atoms with Crippen molar-refractivity contribution in [2.24, 2.45) is 11.7 Å². The number of hydrogen-bond donors (Lipinski definition) is 1. The lowest BCUT2D eigenvalue weighted by Gasteiger charge is -2.42. The highest BCUT2D eigenvalue weighted by atomic mass is 32.2. The van der Waals surface area contributed by atoms with Gasteiger partial charge in [-0.1, -0.05) is 26.2 Å². The zero-order valence-corrected chi connectivity index (χ0v) is 10.8. The van der Waals surface area contributed by atoms with E-state index in [4.69, 9.17) is 5.73 Å². The van der Waals surface area contributed by atoms with E-state index in [0.29, 0.717) is 18.8 Å². The summed E-state index contributed by atoms with van der Waals surface area (Å²) in [6.07, 6.45) is 5.31. The molecule has 0 radical (unpaired) electrons. The predicted molar refractivity (Wildman–Crippen MR) is 64.5 cm³/mol. The highest BCUT2D eigenvalue weighted by Crippen LogP contribution is 2.38. The van der Waals surface area contributed by atoms with Crippen molar-refractivity contribution in [3.05, 3.63) is 0 Å². The van der Waals surface area contributed by atoms with Crippen LogP contribution >= 0.6 is 0 Å². The second-order valence-corrected chi connectivity index (χ2v) is 7.34. The summed E-state index contributed by atoms with van der Waals surface area (Å²) in [4.78, 5) is 0. The Morgan fingerprint density at radius 3 is 2.38 bits per heavy atom. The maximum atomic E-state index is 12.1. The fourth-order valence-corrected chi connectivity index (χ4v) is 5.49. The molecule has 1 saturated carbocycles. The number of nitrogens with zero attached hydrogens (tertiary/aromatic N) is 1. The van der Waals surface area contributed by atoms with Gasteiger partial charge in [0.15, 0.2) is 0 Å². The second-order valence-electron chi connectivity index (χ2n) is 5.40. The van der Waals surface area contributed by atoms with E-state index in [1.165, 1.54) is 6.42 Å². The summed E-state index contributed by atoms with van der Waals surface area (Å²) < 4.78 is 25.9. The number of nitrogens with two attached hydrogens (primary N) is 1. The first-order chi connectivity index (χ1) is 7.50. The fraction of sp³-hybridized carbons (Fsp3) is 1.00. The van der Waals surface area contributed by atoms with E-state index in [1.54, 1.807) is 4.31 Å². The van der Waals surface area contributed by atoms with Crippen LogP contribution in [0.3, 0.4) is 0 Å². The minimum absolute atomic E-state index is 0.246. The van der Waals surface area contributed by atoms with E-state index in [-0.39, 0.29) is 11.5 Å². The van der Waals surface area contributed by atoms with Crippen molar-refractivity contribution in [3.8, 4) is 0 Å². The standard InChI is InChI=1S/C11H22N2O2S/c1-10-7-13(16(14,15)8-10)11(9-12)5-3-2-4-6-11/h10H,2-9,12H2,1H3. The van der Waals surface area contributed by atoms with E-state index in [0.717, 1.165) is 25.7 Å². The van der Waals surface area contributed by atoms with Crippen LogP contribution in [0.25, 0.3) is 0 Å². The summed E-state index contributed by atoms with van der Waals surface area (Å²) in [6, 6.07) is 0. The first-order valence-electron chi connectivity index (χ1n) is 6.21. The molecule has 0 aromatic rings. The first kappa shape index (κ1) is 12.3. The SMILES string of the molecule is CC1CN(C2(CN)CCCCC2)S(=O)(=O)C1. The van der Waals surface area contributed by atoms with Crippen LogP contribution in [0.2, 0.25) is 0 Å². The first-order valence-corrected chi connectivity index (χ1v) is 7.82. The molecule has 1 atom stereocenters. The molecule has 2 fully saturated rings. The molecule has 1 aliphatic carbocycles. The largest absolute Gasteiger partial charge is 0.329 e. The molecule has 0 bridgehead atoms. The molecular weight excluding hydrogens is 224 g/mol. The molecule has 0 aromatic heterocycles. The Morgan fingerprint density at radius 2 is 1.94 bits per heavy atom. The summed E-state index contributed by atoms with van der Waals surface area (Å²) >= 11 is 0. The van der Waals surface area contributed by atoms with E-state index >= 15 is 0 Å². The smallest absolute Gasteiger partial charge is 0.214 e. The monoisotopic (exact) mass is 246 g/mol. The Bertz CT molecular complexity index is 347. The Kier molecular flexibility index (Phi) is 3.29. The lowest BCUT2D eigenvalue weighted by molar-refractivity contribution is 0.138. The third-order valence-electron chi connectivity index (χ3n) is 4.00.